The third-order valence-corrected chi connectivity index (χ3v) is 4.02. The Morgan fingerprint density at radius 2 is 2.05 bits per heavy atom. The van der Waals surface area contributed by atoms with E-state index in [9.17, 15) is 4.79 Å². The second kappa shape index (κ2) is 6.59. The van der Waals surface area contributed by atoms with E-state index in [-0.39, 0.29) is 12.5 Å². The molecule has 104 valence electrons. The number of carbonyl (C=O) groups is 1. The van der Waals surface area contributed by atoms with Crippen molar-refractivity contribution in [1.82, 2.24) is 9.80 Å². The van der Waals surface area contributed by atoms with E-state index in [1.807, 2.05) is 23.1 Å². The summed E-state index contributed by atoms with van der Waals surface area (Å²) in [5, 5.41) is 3.70. The molecule has 0 spiro atoms. The second-order valence-electron chi connectivity index (χ2n) is 4.66. The van der Waals surface area contributed by atoms with Crippen molar-refractivity contribution in [2.24, 2.45) is 0 Å². The molecule has 1 fully saturated rings. The molecule has 1 amide bonds. The molecule has 1 aromatic carbocycles. The van der Waals surface area contributed by atoms with E-state index >= 15 is 0 Å². The van der Waals surface area contributed by atoms with Crippen LogP contribution in [0.5, 0.6) is 0 Å². The number of amides is 1. The van der Waals surface area contributed by atoms with Crippen molar-refractivity contribution in [3.05, 3.63) is 27.7 Å². The van der Waals surface area contributed by atoms with E-state index in [0.29, 0.717) is 5.02 Å². The average Bonchev–Trinajstić information content (AvgIpc) is 2.38. The molecule has 1 saturated heterocycles. The number of benzene rings is 1. The fraction of sp³-hybridized carbons (Fsp3) is 0.462. The SMILES string of the molecule is CN1CCN(C(=O)CNc2ccc(Br)cc2Cl)CC1. The summed E-state index contributed by atoms with van der Waals surface area (Å²) in [6.45, 7) is 3.75. The van der Waals surface area contributed by atoms with Gasteiger partial charge < -0.3 is 15.1 Å². The van der Waals surface area contributed by atoms with Crippen molar-refractivity contribution in [3.63, 3.8) is 0 Å². The molecule has 0 aromatic heterocycles. The van der Waals surface area contributed by atoms with Crippen molar-refractivity contribution in [2.75, 3.05) is 45.1 Å². The largest absolute Gasteiger partial charge is 0.375 e. The summed E-state index contributed by atoms with van der Waals surface area (Å²) in [5.74, 6) is 0.118. The van der Waals surface area contributed by atoms with Crippen LogP contribution in [0.1, 0.15) is 0 Å². The molecule has 0 radical (unpaired) electrons. The van der Waals surface area contributed by atoms with E-state index < -0.39 is 0 Å². The number of halogens is 2. The molecular weight excluding hydrogens is 330 g/mol. The lowest BCUT2D eigenvalue weighted by atomic mass is 10.3. The zero-order valence-corrected chi connectivity index (χ0v) is 13.2. The number of carbonyl (C=O) groups excluding carboxylic acids is 1. The number of anilines is 1. The molecular formula is C13H17BrClN3O. The normalized spacial score (nSPS) is 16.5. The Balaban J connectivity index is 1.86. The first-order chi connectivity index (χ1) is 9.06. The molecule has 4 nitrogen and oxygen atoms in total. The van der Waals surface area contributed by atoms with Crippen LogP contribution in [0.2, 0.25) is 5.02 Å². The van der Waals surface area contributed by atoms with Crippen molar-refractivity contribution in [1.29, 1.82) is 0 Å². The van der Waals surface area contributed by atoms with Crippen LogP contribution in [0.15, 0.2) is 22.7 Å². The first kappa shape index (κ1) is 14.6. The number of nitrogens with one attached hydrogen (secondary N) is 1. The molecule has 1 heterocycles. The molecule has 0 unspecified atom stereocenters. The van der Waals surface area contributed by atoms with Gasteiger partial charge in [-0.3, -0.25) is 4.79 Å². The Hall–Kier alpha value is -0.780. The van der Waals surface area contributed by atoms with Crippen LogP contribution in [0, 0.1) is 0 Å². The Morgan fingerprint density at radius 1 is 1.37 bits per heavy atom. The van der Waals surface area contributed by atoms with Crippen molar-refractivity contribution < 1.29 is 4.79 Å². The summed E-state index contributed by atoms with van der Waals surface area (Å²) >= 11 is 9.45. The second-order valence-corrected chi connectivity index (χ2v) is 5.98. The topological polar surface area (TPSA) is 35.6 Å². The van der Waals surface area contributed by atoms with Gasteiger partial charge in [0.05, 0.1) is 17.3 Å². The first-order valence-electron chi connectivity index (χ1n) is 6.21. The van der Waals surface area contributed by atoms with E-state index in [2.05, 4.69) is 33.2 Å². The van der Waals surface area contributed by atoms with E-state index in [4.69, 9.17) is 11.6 Å². The standard InChI is InChI=1S/C13H17BrClN3O/c1-17-4-6-18(7-5-17)13(19)9-16-12-3-2-10(14)8-11(12)15/h2-3,8,16H,4-7,9H2,1H3. The predicted molar refractivity (Wildman–Crippen MR) is 81.7 cm³/mol. The highest BCUT2D eigenvalue weighted by Gasteiger charge is 2.18. The number of nitrogens with zero attached hydrogens (tertiary/aromatic N) is 2. The average molecular weight is 347 g/mol. The molecule has 1 N–H and O–H groups in total. The smallest absolute Gasteiger partial charge is 0.241 e. The van der Waals surface area contributed by atoms with Gasteiger partial charge in [0.25, 0.3) is 0 Å². The van der Waals surface area contributed by atoms with Gasteiger partial charge in [0.1, 0.15) is 0 Å². The van der Waals surface area contributed by atoms with Crippen LogP contribution in [0.3, 0.4) is 0 Å². The minimum Gasteiger partial charge on any atom is -0.375 e. The first-order valence-corrected chi connectivity index (χ1v) is 7.38. The number of likely N-dealkylation sites (N-methyl/N-ethyl adjacent to an activating group) is 1. The molecule has 1 aliphatic rings. The number of hydrogen-bond acceptors (Lipinski definition) is 3. The third-order valence-electron chi connectivity index (χ3n) is 3.22. The monoisotopic (exact) mass is 345 g/mol. The minimum absolute atomic E-state index is 0.118. The summed E-state index contributed by atoms with van der Waals surface area (Å²) < 4.78 is 0.924. The van der Waals surface area contributed by atoms with Gasteiger partial charge in [-0.1, -0.05) is 27.5 Å². The number of rotatable bonds is 3. The third kappa shape index (κ3) is 4.09. The van der Waals surface area contributed by atoms with E-state index in [0.717, 1.165) is 36.3 Å². The molecule has 2 rings (SSSR count). The zero-order valence-electron chi connectivity index (χ0n) is 10.8. The molecule has 6 heteroatoms. The lowest BCUT2D eigenvalue weighted by molar-refractivity contribution is -0.130. The fourth-order valence-electron chi connectivity index (χ4n) is 1.97. The maximum Gasteiger partial charge on any atom is 0.241 e. The Kier molecular flexibility index (Phi) is 5.07. The maximum absolute atomic E-state index is 12.0. The van der Waals surface area contributed by atoms with Crippen LogP contribution in [-0.2, 0) is 4.79 Å². The summed E-state index contributed by atoms with van der Waals surface area (Å²) in [5.41, 5.74) is 0.785. The fourth-order valence-corrected chi connectivity index (χ4v) is 2.71. The van der Waals surface area contributed by atoms with Gasteiger partial charge in [-0.2, -0.15) is 0 Å². The van der Waals surface area contributed by atoms with Gasteiger partial charge in [-0.05, 0) is 25.2 Å². The van der Waals surface area contributed by atoms with Gasteiger partial charge in [0, 0.05) is 30.7 Å². The number of piperazine rings is 1. The van der Waals surface area contributed by atoms with E-state index in [1.165, 1.54) is 0 Å². The quantitative estimate of drug-likeness (QED) is 0.912. The van der Waals surface area contributed by atoms with Gasteiger partial charge in [-0.15, -0.1) is 0 Å². The van der Waals surface area contributed by atoms with Gasteiger partial charge in [0.15, 0.2) is 0 Å². The van der Waals surface area contributed by atoms with Crippen LogP contribution in [0.25, 0.3) is 0 Å². The highest BCUT2D eigenvalue weighted by Crippen LogP contribution is 2.25. The highest BCUT2D eigenvalue weighted by molar-refractivity contribution is 9.10. The van der Waals surface area contributed by atoms with Crippen molar-refractivity contribution in [2.45, 2.75) is 0 Å². The Labute approximate surface area is 126 Å². The van der Waals surface area contributed by atoms with Crippen LogP contribution >= 0.6 is 27.5 Å². The maximum atomic E-state index is 12.0. The summed E-state index contributed by atoms with van der Waals surface area (Å²) in [6, 6.07) is 5.57. The lowest BCUT2D eigenvalue weighted by Gasteiger charge is -2.32. The molecule has 1 aromatic rings. The van der Waals surface area contributed by atoms with E-state index in [1.54, 1.807) is 0 Å². The summed E-state index contributed by atoms with van der Waals surface area (Å²) in [6.07, 6.45) is 0. The Morgan fingerprint density at radius 3 is 2.68 bits per heavy atom. The minimum atomic E-state index is 0.118. The highest BCUT2D eigenvalue weighted by atomic mass is 79.9. The lowest BCUT2D eigenvalue weighted by Crippen LogP contribution is -2.48. The van der Waals surface area contributed by atoms with Crippen molar-refractivity contribution >= 4 is 39.1 Å². The predicted octanol–water partition coefficient (Wildman–Crippen LogP) is 2.29. The molecule has 0 bridgehead atoms. The molecule has 19 heavy (non-hydrogen) atoms. The van der Waals surface area contributed by atoms with Gasteiger partial charge >= 0.3 is 0 Å². The molecule has 0 saturated carbocycles. The number of hydrogen-bond donors (Lipinski definition) is 1. The summed E-state index contributed by atoms with van der Waals surface area (Å²) in [7, 11) is 2.07. The van der Waals surface area contributed by atoms with Gasteiger partial charge in [0.2, 0.25) is 5.91 Å². The van der Waals surface area contributed by atoms with Crippen LogP contribution < -0.4 is 5.32 Å². The Bertz CT molecular complexity index is 461. The summed E-state index contributed by atoms with van der Waals surface area (Å²) in [4.78, 5) is 16.2. The van der Waals surface area contributed by atoms with Crippen molar-refractivity contribution in [3.8, 4) is 0 Å². The molecule has 1 aliphatic heterocycles. The molecule has 0 aliphatic carbocycles. The van der Waals surface area contributed by atoms with Crippen LogP contribution in [0.4, 0.5) is 5.69 Å². The molecule has 0 atom stereocenters. The van der Waals surface area contributed by atoms with Gasteiger partial charge in [-0.25, -0.2) is 0 Å². The van der Waals surface area contributed by atoms with Crippen LogP contribution in [-0.4, -0.2) is 55.5 Å². The zero-order chi connectivity index (χ0) is 13.8.